The molecule has 0 aliphatic carbocycles. The number of benzene rings is 1. The summed E-state index contributed by atoms with van der Waals surface area (Å²) in [6.07, 6.45) is 0. The van der Waals surface area contributed by atoms with Crippen molar-refractivity contribution < 1.29 is 4.79 Å². The number of fused-ring (bicyclic) bond motifs is 1. The topological polar surface area (TPSA) is 54.3 Å². The summed E-state index contributed by atoms with van der Waals surface area (Å²) in [5, 5.41) is 6.14. The van der Waals surface area contributed by atoms with E-state index in [0.29, 0.717) is 19.6 Å². The molecule has 3 aromatic rings. The van der Waals surface area contributed by atoms with E-state index in [0.717, 1.165) is 50.4 Å². The molecular formula is C19H22ClN5OS. The number of amides is 1. The highest BCUT2D eigenvalue weighted by molar-refractivity contribution is 7.22. The van der Waals surface area contributed by atoms with Crippen LogP contribution in [0.4, 0.5) is 5.13 Å². The number of halogens is 1. The van der Waals surface area contributed by atoms with Gasteiger partial charge in [0.05, 0.1) is 15.9 Å². The summed E-state index contributed by atoms with van der Waals surface area (Å²) in [6, 6.07) is 5.95. The van der Waals surface area contributed by atoms with Crippen molar-refractivity contribution in [3.63, 3.8) is 0 Å². The Morgan fingerprint density at radius 1 is 1.19 bits per heavy atom. The fraction of sp³-hybridized carbons (Fsp3) is 0.421. The van der Waals surface area contributed by atoms with Crippen LogP contribution in [0.2, 0.25) is 5.02 Å². The van der Waals surface area contributed by atoms with Crippen molar-refractivity contribution >= 4 is 44.2 Å². The van der Waals surface area contributed by atoms with Gasteiger partial charge in [-0.1, -0.05) is 22.9 Å². The number of anilines is 1. The summed E-state index contributed by atoms with van der Waals surface area (Å²) < 4.78 is 2.93. The van der Waals surface area contributed by atoms with Crippen molar-refractivity contribution in [2.24, 2.45) is 0 Å². The largest absolute Gasteiger partial charge is 0.345 e. The third-order valence-corrected chi connectivity index (χ3v) is 6.52. The van der Waals surface area contributed by atoms with Crippen molar-refractivity contribution in [3.05, 3.63) is 40.2 Å². The minimum Gasteiger partial charge on any atom is -0.345 e. The maximum absolute atomic E-state index is 12.6. The molecular weight excluding hydrogens is 382 g/mol. The zero-order valence-electron chi connectivity index (χ0n) is 15.7. The van der Waals surface area contributed by atoms with E-state index in [1.807, 2.05) is 43.9 Å². The zero-order chi connectivity index (χ0) is 19.1. The second-order valence-electron chi connectivity index (χ2n) is 6.97. The first-order valence-corrected chi connectivity index (χ1v) is 10.2. The van der Waals surface area contributed by atoms with Gasteiger partial charge in [-0.3, -0.25) is 9.48 Å². The normalized spacial score (nSPS) is 15.0. The molecule has 1 aliphatic heterocycles. The van der Waals surface area contributed by atoms with Crippen LogP contribution in [0.1, 0.15) is 17.0 Å². The van der Waals surface area contributed by atoms with Gasteiger partial charge in [0.25, 0.3) is 0 Å². The van der Waals surface area contributed by atoms with Crippen molar-refractivity contribution in [2.45, 2.75) is 27.3 Å². The van der Waals surface area contributed by atoms with Crippen LogP contribution < -0.4 is 4.90 Å². The lowest BCUT2D eigenvalue weighted by Crippen LogP contribution is -2.49. The van der Waals surface area contributed by atoms with E-state index >= 15 is 0 Å². The average molecular weight is 404 g/mol. The van der Waals surface area contributed by atoms with Crippen LogP contribution in [0, 0.1) is 20.8 Å². The third kappa shape index (κ3) is 3.53. The molecule has 1 amide bonds. The molecule has 0 N–H and O–H groups in total. The Labute approximate surface area is 167 Å². The standard InChI is InChI=1S/C19H22ClN5OS/c1-12-10-13(2)25(22-12)11-17(26)23-6-8-24(9-7-23)19-21-18-14(3)15(20)4-5-16(18)27-19/h4-5,10H,6-9,11H2,1-3H3. The molecule has 27 heavy (non-hydrogen) atoms. The Bertz CT molecular complexity index is 1000. The predicted octanol–water partition coefficient (Wildman–Crippen LogP) is 3.42. The van der Waals surface area contributed by atoms with Gasteiger partial charge in [0.1, 0.15) is 6.54 Å². The summed E-state index contributed by atoms with van der Waals surface area (Å²) in [5.74, 6) is 0.118. The summed E-state index contributed by atoms with van der Waals surface area (Å²) >= 11 is 7.90. The zero-order valence-corrected chi connectivity index (χ0v) is 17.3. The molecule has 1 fully saturated rings. The highest BCUT2D eigenvalue weighted by Gasteiger charge is 2.24. The van der Waals surface area contributed by atoms with E-state index in [-0.39, 0.29) is 5.91 Å². The van der Waals surface area contributed by atoms with Gasteiger partial charge < -0.3 is 9.80 Å². The average Bonchev–Trinajstić information content (AvgIpc) is 3.22. The van der Waals surface area contributed by atoms with Gasteiger partial charge in [-0.25, -0.2) is 4.98 Å². The van der Waals surface area contributed by atoms with Gasteiger partial charge in [0, 0.05) is 36.9 Å². The monoisotopic (exact) mass is 403 g/mol. The Hall–Kier alpha value is -2.12. The Balaban J connectivity index is 1.42. The lowest BCUT2D eigenvalue weighted by atomic mass is 10.2. The van der Waals surface area contributed by atoms with Gasteiger partial charge in [-0.05, 0) is 44.5 Å². The molecule has 4 rings (SSSR count). The number of aryl methyl sites for hydroxylation is 3. The molecule has 2 aromatic heterocycles. The number of nitrogens with zero attached hydrogens (tertiary/aromatic N) is 5. The van der Waals surface area contributed by atoms with Crippen LogP contribution >= 0.6 is 22.9 Å². The number of rotatable bonds is 3. The Morgan fingerprint density at radius 2 is 1.93 bits per heavy atom. The van der Waals surface area contributed by atoms with Crippen LogP contribution in [0.5, 0.6) is 0 Å². The molecule has 0 spiro atoms. The second-order valence-corrected chi connectivity index (χ2v) is 8.38. The molecule has 0 bridgehead atoms. The van der Waals surface area contributed by atoms with Crippen LogP contribution in [-0.4, -0.2) is 51.8 Å². The molecule has 1 saturated heterocycles. The number of hydrogen-bond acceptors (Lipinski definition) is 5. The maximum atomic E-state index is 12.6. The highest BCUT2D eigenvalue weighted by atomic mass is 35.5. The van der Waals surface area contributed by atoms with Gasteiger partial charge in [-0.15, -0.1) is 0 Å². The van der Waals surface area contributed by atoms with Gasteiger partial charge in [0.15, 0.2) is 5.13 Å². The number of carbonyl (C=O) groups is 1. The summed E-state index contributed by atoms with van der Waals surface area (Å²) in [6.45, 7) is 9.21. The molecule has 8 heteroatoms. The summed E-state index contributed by atoms with van der Waals surface area (Å²) in [7, 11) is 0. The van der Waals surface area contributed by atoms with Crippen LogP contribution in [0.25, 0.3) is 10.2 Å². The minimum absolute atomic E-state index is 0.118. The molecule has 1 aromatic carbocycles. The fourth-order valence-corrected chi connectivity index (χ4v) is 4.66. The maximum Gasteiger partial charge on any atom is 0.244 e. The first-order chi connectivity index (χ1) is 12.9. The van der Waals surface area contributed by atoms with Crippen molar-refractivity contribution in [3.8, 4) is 0 Å². The number of aromatic nitrogens is 3. The first kappa shape index (κ1) is 18.3. The van der Waals surface area contributed by atoms with Gasteiger partial charge in [-0.2, -0.15) is 5.10 Å². The minimum atomic E-state index is 0.118. The quantitative estimate of drug-likeness (QED) is 0.672. The number of carbonyl (C=O) groups excluding carboxylic acids is 1. The Kier molecular flexibility index (Phi) is 4.82. The van der Waals surface area contributed by atoms with Crippen LogP contribution in [-0.2, 0) is 11.3 Å². The molecule has 0 atom stereocenters. The molecule has 6 nitrogen and oxygen atoms in total. The number of hydrogen-bond donors (Lipinski definition) is 0. The highest BCUT2D eigenvalue weighted by Crippen LogP contribution is 2.33. The third-order valence-electron chi connectivity index (χ3n) is 5.03. The number of piperazine rings is 1. The van der Waals surface area contributed by atoms with E-state index < -0.39 is 0 Å². The molecule has 0 unspecified atom stereocenters. The lowest BCUT2D eigenvalue weighted by molar-refractivity contribution is -0.132. The predicted molar refractivity (Wildman–Crippen MR) is 110 cm³/mol. The number of thiazole rings is 1. The summed E-state index contributed by atoms with van der Waals surface area (Å²) in [4.78, 5) is 21.6. The van der Waals surface area contributed by atoms with E-state index in [1.54, 1.807) is 16.0 Å². The van der Waals surface area contributed by atoms with Gasteiger partial charge >= 0.3 is 0 Å². The van der Waals surface area contributed by atoms with Crippen LogP contribution in [0.3, 0.4) is 0 Å². The van der Waals surface area contributed by atoms with E-state index in [1.165, 1.54) is 0 Å². The first-order valence-electron chi connectivity index (χ1n) is 9.02. The Morgan fingerprint density at radius 3 is 2.59 bits per heavy atom. The molecule has 142 valence electrons. The van der Waals surface area contributed by atoms with Gasteiger partial charge in [0.2, 0.25) is 5.91 Å². The molecule has 0 saturated carbocycles. The second kappa shape index (κ2) is 7.13. The lowest BCUT2D eigenvalue weighted by Gasteiger charge is -2.34. The summed E-state index contributed by atoms with van der Waals surface area (Å²) in [5.41, 5.74) is 3.96. The van der Waals surface area contributed by atoms with E-state index in [2.05, 4.69) is 10.00 Å². The molecule has 3 heterocycles. The van der Waals surface area contributed by atoms with Crippen molar-refractivity contribution in [1.82, 2.24) is 19.7 Å². The molecule has 0 radical (unpaired) electrons. The van der Waals surface area contributed by atoms with Crippen molar-refractivity contribution in [1.29, 1.82) is 0 Å². The SMILES string of the molecule is Cc1cc(C)n(CC(=O)N2CCN(c3nc4c(C)c(Cl)ccc4s3)CC2)n1. The van der Waals surface area contributed by atoms with Crippen molar-refractivity contribution in [2.75, 3.05) is 31.1 Å². The smallest absolute Gasteiger partial charge is 0.244 e. The van der Waals surface area contributed by atoms with Crippen LogP contribution in [0.15, 0.2) is 18.2 Å². The fourth-order valence-electron chi connectivity index (χ4n) is 3.43. The molecule has 1 aliphatic rings. The van der Waals surface area contributed by atoms with E-state index in [4.69, 9.17) is 16.6 Å². The van der Waals surface area contributed by atoms with E-state index in [9.17, 15) is 4.79 Å².